The molecule has 0 fully saturated rings. The van der Waals surface area contributed by atoms with E-state index in [0.29, 0.717) is 5.56 Å². The van der Waals surface area contributed by atoms with Crippen molar-refractivity contribution < 1.29 is 39.3 Å². The predicted molar refractivity (Wildman–Crippen MR) is 131 cm³/mol. The van der Waals surface area contributed by atoms with Crippen LogP contribution in [0, 0.1) is 0 Å². The smallest absolute Gasteiger partial charge is 0.322 e. The first-order chi connectivity index (χ1) is 17.4. The summed E-state index contributed by atoms with van der Waals surface area (Å²) in [6.45, 7) is -0.591. The number of phenols is 1. The molecule has 1 aromatic carbocycles. The molecule has 0 aliphatic rings. The second kappa shape index (κ2) is 15.6. The van der Waals surface area contributed by atoms with E-state index >= 15 is 0 Å². The van der Waals surface area contributed by atoms with Gasteiger partial charge in [-0.15, -0.1) is 0 Å². The highest BCUT2D eigenvalue weighted by Gasteiger charge is 2.28. The molecule has 0 heterocycles. The molecule has 1 aromatic rings. The molecular weight excluding hydrogens is 490 g/mol. The van der Waals surface area contributed by atoms with Crippen LogP contribution in [0.2, 0.25) is 0 Å². The maximum atomic E-state index is 13.0. The monoisotopic (exact) mass is 523 g/mol. The van der Waals surface area contributed by atoms with E-state index in [-0.39, 0.29) is 43.9 Å². The fraction of sp³-hybridized carbons (Fsp3) is 0.455. The molecule has 15 heteroatoms. The van der Waals surface area contributed by atoms with Gasteiger partial charge in [-0.2, -0.15) is 0 Å². The van der Waals surface area contributed by atoms with Crippen molar-refractivity contribution in [1.29, 1.82) is 0 Å². The maximum absolute atomic E-state index is 13.0. The molecular formula is C22H33N7O8. The minimum atomic E-state index is -1.37. The number of carboxylic acids is 2. The van der Waals surface area contributed by atoms with Gasteiger partial charge in [-0.1, -0.05) is 12.1 Å². The summed E-state index contributed by atoms with van der Waals surface area (Å²) in [7, 11) is 0. The largest absolute Gasteiger partial charge is 0.508 e. The van der Waals surface area contributed by atoms with Crippen molar-refractivity contribution in [3.63, 3.8) is 0 Å². The first kappa shape index (κ1) is 30.6. The number of nitrogens with two attached hydrogens (primary N) is 3. The molecule has 0 aliphatic carbocycles. The first-order valence-electron chi connectivity index (χ1n) is 11.3. The lowest BCUT2D eigenvalue weighted by Gasteiger charge is -2.24. The highest BCUT2D eigenvalue weighted by Crippen LogP contribution is 2.11. The molecule has 1 rings (SSSR count). The number of nitrogens with one attached hydrogen (secondary N) is 3. The van der Waals surface area contributed by atoms with Gasteiger partial charge in [0.15, 0.2) is 5.96 Å². The molecule has 0 spiro atoms. The number of rotatable bonds is 16. The van der Waals surface area contributed by atoms with Gasteiger partial charge in [-0.25, -0.2) is 0 Å². The van der Waals surface area contributed by atoms with Crippen LogP contribution in [0.1, 0.15) is 31.2 Å². The second-order valence-electron chi connectivity index (χ2n) is 8.09. The minimum Gasteiger partial charge on any atom is -0.508 e. The summed E-state index contributed by atoms with van der Waals surface area (Å²) in [6, 6.07) is 2.44. The predicted octanol–water partition coefficient (Wildman–Crippen LogP) is -2.65. The van der Waals surface area contributed by atoms with Gasteiger partial charge in [0.05, 0.1) is 6.04 Å². The third kappa shape index (κ3) is 12.7. The Balaban J connectivity index is 2.96. The molecule has 0 bridgehead atoms. The van der Waals surface area contributed by atoms with Crippen LogP contribution < -0.4 is 33.2 Å². The third-order valence-corrected chi connectivity index (χ3v) is 5.00. The Hall–Kier alpha value is -4.40. The number of aromatic hydroxyl groups is 1. The number of benzene rings is 1. The summed E-state index contributed by atoms with van der Waals surface area (Å²) in [6.07, 6.45) is -0.392. The Morgan fingerprint density at radius 2 is 1.46 bits per heavy atom. The minimum absolute atomic E-state index is 0.0443. The molecule has 3 amide bonds. The fourth-order valence-electron chi connectivity index (χ4n) is 3.12. The van der Waals surface area contributed by atoms with Gasteiger partial charge in [0.25, 0.3) is 0 Å². The molecule has 12 N–H and O–H groups in total. The number of carbonyl (C=O) groups excluding carboxylic acids is 3. The SMILES string of the molecule is NC(N)=NCCCC(NC(=O)C(N)Cc1ccc(O)cc1)C(=O)NC(CCC(=O)O)C(=O)NCC(=O)O. The van der Waals surface area contributed by atoms with Crippen LogP contribution in [0.25, 0.3) is 0 Å². The fourth-order valence-corrected chi connectivity index (χ4v) is 3.12. The Morgan fingerprint density at radius 1 is 0.865 bits per heavy atom. The lowest BCUT2D eigenvalue weighted by Crippen LogP contribution is -2.56. The van der Waals surface area contributed by atoms with Crippen molar-refractivity contribution in [2.24, 2.45) is 22.2 Å². The van der Waals surface area contributed by atoms with E-state index in [1.54, 1.807) is 12.1 Å². The first-order valence-corrected chi connectivity index (χ1v) is 11.3. The van der Waals surface area contributed by atoms with E-state index in [1.807, 2.05) is 0 Å². The molecule has 0 saturated carbocycles. The lowest BCUT2D eigenvalue weighted by molar-refractivity contribution is -0.140. The van der Waals surface area contributed by atoms with Gasteiger partial charge in [-0.05, 0) is 43.4 Å². The van der Waals surface area contributed by atoms with E-state index in [4.69, 9.17) is 27.4 Å². The summed E-state index contributed by atoms with van der Waals surface area (Å²) in [5.41, 5.74) is 17.2. The zero-order valence-corrected chi connectivity index (χ0v) is 20.1. The van der Waals surface area contributed by atoms with Gasteiger partial charge in [0, 0.05) is 13.0 Å². The average molecular weight is 524 g/mol. The summed E-state index contributed by atoms with van der Waals surface area (Å²) in [4.78, 5) is 63.6. The normalized spacial score (nSPS) is 12.9. The molecule has 0 saturated heterocycles. The summed E-state index contributed by atoms with van der Waals surface area (Å²) in [5, 5.41) is 34.1. The van der Waals surface area contributed by atoms with E-state index in [9.17, 15) is 29.1 Å². The zero-order chi connectivity index (χ0) is 28.0. The number of amides is 3. The number of carboxylic acid groups (broad SMARTS) is 2. The van der Waals surface area contributed by atoms with Crippen LogP contribution in [-0.4, -0.2) is 82.2 Å². The molecule has 204 valence electrons. The molecule has 0 radical (unpaired) electrons. The van der Waals surface area contributed by atoms with E-state index < -0.39 is 60.8 Å². The number of nitrogens with zero attached hydrogens (tertiary/aromatic N) is 1. The van der Waals surface area contributed by atoms with Gasteiger partial charge in [0.2, 0.25) is 17.7 Å². The van der Waals surface area contributed by atoms with Crippen molar-refractivity contribution in [1.82, 2.24) is 16.0 Å². The Labute approximate surface area is 212 Å². The summed E-state index contributed by atoms with van der Waals surface area (Å²) < 4.78 is 0. The number of carbonyl (C=O) groups is 5. The Morgan fingerprint density at radius 3 is 2.03 bits per heavy atom. The van der Waals surface area contributed by atoms with E-state index in [2.05, 4.69) is 20.9 Å². The average Bonchev–Trinajstić information content (AvgIpc) is 2.82. The van der Waals surface area contributed by atoms with Crippen molar-refractivity contribution in [2.75, 3.05) is 13.1 Å². The molecule has 0 aromatic heterocycles. The number of aliphatic carboxylic acids is 2. The van der Waals surface area contributed by atoms with Gasteiger partial charge in [0.1, 0.15) is 24.4 Å². The van der Waals surface area contributed by atoms with Crippen LogP contribution in [0.3, 0.4) is 0 Å². The topological polar surface area (TPSA) is 273 Å². The van der Waals surface area contributed by atoms with Crippen LogP contribution in [0.4, 0.5) is 0 Å². The molecule has 3 unspecified atom stereocenters. The number of phenolic OH excluding ortho intramolecular Hbond substituents is 1. The number of guanidine groups is 1. The van der Waals surface area contributed by atoms with Crippen LogP contribution in [-0.2, 0) is 30.4 Å². The van der Waals surface area contributed by atoms with Crippen LogP contribution in [0.15, 0.2) is 29.3 Å². The van der Waals surface area contributed by atoms with Gasteiger partial charge < -0.3 is 48.5 Å². The van der Waals surface area contributed by atoms with Crippen LogP contribution in [0.5, 0.6) is 5.75 Å². The third-order valence-electron chi connectivity index (χ3n) is 5.00. The number of hydrogen-bond donors (Lipinski definition) is 9. The Bertz CT molecular complexity index is 980. The summed E-state index contributed by atoms with van der Waals surface area (Å²) >= 11 is 0. The van der Waals surface area contributed by atoms with Crippen molar-refractivity contribution in [3.8, 4) is 5.75 Å². The summed E-state index contributed by atoms with van der Waals surface area (Å²) in [5.74, 6) is -5.06. The van der Waals surface area contributed by atoms with Crippen molar-refractivity contribution >= 4 is 35.6 Å². The quantitative estimate of drug-likeness (QED) is 0.0613. The highest BCUT2D eigenvalue weighted by atomic mass is 16.4. The number of hydrogen-bond acceptors (Lipinski definition) is 8. The molecule has 15 nitrogen and oxygen atoms in total. The van der Waals surface area contributed by atoms with Gasteiger partial charge in [-0.3, -0.25) is 29.0 Å². The molecule has 3 atom stereocenters. The molecule has 0 aliphatic heterocycles. The van der Waals surface area contributed by atoms with Crippen molar-refractivity contribution in [3.05, 3.63) is 29.8 Å². The lowest BCUT2D eigenvalue weighted by atomic mass is 10.0. The number of aliphatic imine (C=N–C) groups is 1. The highest BCUT2D eigenvalue weighted by molar-refractivity contribution is 5.93. The standard InChI is InChI=1S/C22H33N7O8/c23-14(10-12-3-5-13(30)6-4-12)19(35)28-15(2-1-9-26-22(24)25)21(37)29-16(7-8-17(31)32)20(36)27-11-18(33)34/h3-6,14-16,30H,1-2,7-11,23H2,(H,27,36)(H,28,35)(H,29,37)(H,31,32)(H,33,34)(H4,24,25,26). The van der Waals surface area contributed by atoms with E-state index in [0.717, 1.165) is 0 Å². The second-order valence-corrected chi connectivity index (χ2v) is 8.09. The van der Waals surface area contributed by atoms with Crippen LogP contribution >= 0.6 is 0 Å². The van der Waals surface area contributed by atoms with Crippen molar-refractivity contribution in [2.45, 2.75) is 50.2 Å². The van der Waals surface area contributed by atoms with E-state index in [1.165, 1.54) is 12.1 Å². The molecule has 37 heavy (non-hydrogen) atoms. The van der Waals surface area contributed by atoms with Gasteiger partial charge >= 0.3 is 11.9 Å². The maximum Gasteiger partial charge on any atom is 0.322 e. The Kier molecular flexibility index (Phi) is 12.9. The zero-order valence-electron chi connectivity index (χ0n) is 20.1.